The van der Waals surface area contributed by atoms with E-state index in [1.165, 1.54) is 24.5 Å². The molecule has 0 unspecified atom stereocenters. The van der Waals surface area contributed by atoms with Crippen molar-refractivity contribution < 1.29 is 22.7 Å². The summed E-state index contributed by atoms with van der Waals surface area (Å²) < 4.78 is 51.9. The lowest BCUT2D eigenvalue weighted by molar-refractivity contribution is -0.129. The van der Waals surface area contributed by atoms with Gasteiger partial charge in [0, 0.05) is 56.7 Å². The molecule has 8 nitrogen and oxygen atoms in total. The maximum Gasteiger partial charge on any atom is 0.276 e. The molecule has 2 saturated heterocycles. The summed E-state index contributed by atoms with van der Waals surface area (Å²) >= 11 is 0. The van der Waals surface area contributed by atoms with Crippen LogP contribution in [0.15, 0.2) is 30.6 Å². The second-order valence-electron chi connectivity index (χ2n) is 12.2. The van der Waals surface area contributed by atoms with Gasteiger partial charge in [0.15, 0.2) is 5.65 Å². The van der Waals surface area contributed by atoms with Crippen LogP contribution in [0.3, 0.4) is 0 Å². The lowest BCUT2D eigenvalue weighted by Gasteiger charge is -2.42. The van der Waals surface area contributed by atoms with Crippen LogP contribution in [0, 0.1) is 11.7 Å². The number of anilines is 1. The molecule has 5 rings (SSSR count). The predicted octanol–water partition coefficient (Wildman–Crippen LogP) is 6.28. The van der Waals surface area contributed by atoms with Crippen molar-refractivity contribution >= 4 is 22.8 Å². The predicted molar refractivity (Wildman–Crippen MR) is 160 cm³/mol. The van der Waals surface area contributed by atoms with E-state index in [2.05, 4.69) is 39.0 Å². The van der Waals surface area contributed by atoms with Crippen molar-refractivity contribution in [2.45, 2.75) is 77.3 Å². The van der Waals surface area contributed by atoms with Gasteiger partial charge in [0.05, 0.1) is 24.1 Å². The van der Waals surface area contributed by atoms with Gasteiger partial charge in [-0.1, -0.05) is 18.2 Å². The van der Waals surface area contributed by atoms with Crippen LogP contribution in [0.4, 0.5) is 19.0 Å². The molecule has 1 amide bonds. The number of hydrogen-bond acceptors (Lipinski definition) is 7. The number of ether oxygens (including phenoxy) is 1. The Labute approximate surface area is 251 Å². The Morgan fingerprint density at radius 3 is 2.53 bits per heavy atom. The monoisotopic (exact) mass is 598 g/mol. The number of methoxy groups -OCH3 is 1. The maximum absolute atomic E-state index is 15.7. The number of nitrogens with one attached hydrogen (secondary N) is 1. The standard InChI is InChI=1S/C32H41F3N6O2/c1-19(2)41-16-22(17-41)9-12-32(34,35)27-8-6-7-24(28(27)33)20(3)38-29-26-15-25(23-10-13-40(14-11-23)21(4)42)31(43-5)39-30(26)37-18-36-29/h6-8,15,18-20,22-23H,9-14,16-17H2,1-5H3,(H,36,37,38,39)/t20-/m1/s1. The van der Waals surface area contributed by atoms with Crippen molar-refractivity contribution in [3.05, 3.63) is 53.1 Å². The van der Waals surface area contributed by atoms with Gasteiger partial charge in [-0.2, -0.15) is 4.98 Å². The Morgan fingerprint density at radius 1 is 1.16 bits per heavy atom. The van der Waals surface area contributed by atoms with Crippen molar-refractivity contribution in [1.29, 1.82) is 0 Å². The topological polar surface area (TPSA) is 83.5 Å². The van der Waals surface area contributed by atoms with Crippen molar-refractivity contribution in [2.24, 2.45) is 5.92 Å². The number of carbonyl (C=O) groups excluding carboxylic acids is 1. The number of benzene rings is 1. The van der Waals surface area contributed by atoms with Gasteiger partial charge in [-0.25, -0.2) is 23.1 Å². The zero-order valence-corrected chi connectivity index (χ0v) is 25.5. The summed E-state index contributed by atoms with van der Waals surface area (Å²) in [6.07, 6.45) is 2.85. The number of carbonyl (C=O) groups is 1. The van der Waals surface area contributed by atoms with Crippen LogP contribution in [0.5, 0.6) is 5.88 Å². The van der Waals surface area contributed by atoms with Gasteiger partial charge in [-0.05, 0) is 57.9 Å². The van der Waals surface area contributed by atoms with Crippen LogP contribution in [0.2, 0.25) is 0 Å². The van der Waals surface area contributed by atoms with E-state index < -0.39 is 23.3 Å². The molecule has 2 fully saturated rings. The molecule has 43 heavy (non-hydrogen) atoms. The van der Waals surface area contributed by atoms with Gasteiger partial charge in [-0.3, -0.25) is 4.79 Å². The molecule has 1 N–H and O–H groups in total. The number of amides is 1. The average molecular weight is 599 g/mol. The van der Waals surface area contributed by atoms with Gasteiger partial charge >= 0.3 is 0 Å². The molecule has 4 heterocycles. The molecule has 2 aliphatic heterocycles. The number of aromatic nitrogens is 3. The summed E-state index contributed by atoms with van der Waals surface area (Å²) in [5, 5.41) is 3.84. The van der Waals surface area contributed by atoms with Crippen LogP contribution in [-0.2, 0) is 10.7 Å². The van der Waals surface area contributed by atoms with E-state index in [1.807, 2.05) is 11.0 Å². The lowest BCUT2D eigenvalue weighted by Crippen LogP contribution is -2.50. The van der Waals surface area contributed by atoms with Crippen LogP contribution < -0.4 is 10.1 Å². The fourth-order valence-electron chi connectivity index (χ4n) is 6.25. The Bertz CT molecular complexity index is 1450. The highest BCUT2D eigenvalue weighted by molar-refractivity contribution is 5.87. The minimum Gasteiger partial charge on any atom is -0.481 e. The molecule has 0 radical (unpaired) electrons. The zero-order valence-electron chi connectivity index (χ0n) is 25.5. The van der Waals surface area contributed by atoms with Crippen molar-refractivity contribution in [3.63, 3.8) is 0 Å². The summed E-state index contributed by atoms with van der Waals surface area (Å²) in [5.74, 6) is -2.89. The Balaban J connectivity index is 1.35. The molecule has 11 heteroatoms. The molecule has 1 aromatic carbocycles. The van der Waals surface area contributed by atoms with Gasteiger partial charge in [0.1, 0.15) is 18.0 Å². The number of nitrogens with zero attached hydrogens (tertiary/aromatic N) is 5. The quantitative estimate of drug-likeness (QED) is 0.294. The Hall–Kier alpha value is -3.47. The molecule has 232 valence electrons. The normalized spacial score (nSPS) is 17.7. The number of rotatable bonds is 10. The Kier molecular flexibility index (Phi) is 9.10. The summed E-state index contributed by atoms with van der Waals surface area (Å²) in [6, 6.07) is 5.88. The van der Waals surface area contributed by atoms with E-state index in [1.54, 1.807) is 21.0 Å². The summed E-state index contributed by atoms with van der Waals surface area (Å²) in [6.45, 7) is 10.4. The largest absolute Gasteiger partial charge is 0.481 e. The molecule has 2 aromatic heterocycles. The minimum atomic E-state index is -3.27. The maximum atomic E-state index is 15.7. The first kappa shape index (κ1) is 31.0. The second kappa shape index (κ2) is 12.6. The van der Waals surface area contributed by atoms with Crippen LogP contribution in [-0.4, -0.2) is 70.0 Å². The van der Waals surface area contributed by atoms with Crippen molar-refractivity contribution in [1.82, 2.24) is 24.8 Å². The van der Waals surface area contributed by atoms with Gasteiger partial charge in [0.25, 0.3) is 5.92 Å². The number of likely N-dealkylation sites (tertiary alicyclic amines) is 2. The molecule has 1 atom stereocenters. The average Bonchev–Trinajstić information content (AvgIpc) is 2.95. The first-order valence-corrected chi connectivity index (χ1v) is 15.1. The Morgan fingerprint density at radius 2 is 1.88 bits per heavy atom. The van der Waals surface area contributed by atoms with Gasteiger partial charge in [0.2, 0.25) is 11.8 Å². The molecule has 0 bridgehead atoms. The number of piperidine rings is 1. The first-order valence-electron chi connectivity index (χ1n) is 15.1. The van der Waals surface area contributed by atoms with Crippen molar-refractivity contribution in [3.8, 4) is 5.88 Å². The molecule has 0 aliphatic carbocycles. The number of alkyl halides is 2. The van der Waals surface area contributed by atoms with Crippen LogP contribution in [0.1, 0.15) is 82.0 Å². The highest BCUT2D eigenvalue weighted by Gasteiger charge is 2.38. The fraction of sp³-hybridized carbons (Fsp3) is 0.562. The highest BCUT2D eigenvalue weighted by Crippen LogP contribution is 2.40. The fourth-order valence-corrected chi connectivity index (χ4v) is 6.25. The van der Waals surface area contributed by atoms with E-state index in [-0.39, 0.29) is 29.7 Å². The van der Waals surface area contributed by atoms with E-state index in [9.17, 15) is 4.79 Å². The zero-order chi connectivity index (χ0) is 30.9. The van der Waals surface area contributed by atoms with E-state index in [0.717, 1.165) is 31.5 Å². The summed E-state index contributed by atoms with van der Waals surface area (Å²) in [7, 11) is 1.56. The first-order chi connectivity index (χ1) is 20.5. The van der Waals surface area contributed by atoms with Gasteiger partial charge in [-0.15, -0.1) is 0 Å². The molecular formula is C32H41F3N6O2. The third-order valence-electron chi connectivity index (χ3n) is 9.02. The highest BCUT2D eigenvalue weighted by atomic mass is 19.3. The number of halogens is 3. The minimum absolute atomic E-state index is 0.0568. The van der Waals surface area contributed by atoms with Gasteiger partial charge < -0.3 is 19.9 Å². The lowest BCUT2D eigenvalue weighted by atomic mass is 9.89. The van der Waals surface area contributed by atoms with E-state index in [4.69, 9.17) is 4.74 Å². The van der Waals surface area contributed by atoms with Crippen LogP contribution in [0.25, 0.3) is 11.0 Å². The van der Waals surface area contributed by atoms with Crippen LogP contribution >= 0.6 is 0 Å². The smallest absolute Gasteiger partial charge is 0.276 e. The van der Waals surface area contributed by atoms with E-state index in [0.29, 0.717) is 48.3 Å². The summed E-state index contributed by atoms with van der Waals surface area (Å²) in [4.78, 5) is 29.2. The number of pyridine rings is 1. The van der Waals surface area contributed by atoms with E-state index >= 15 is 13.2 Å². The molecule has 3 aromatic rings. The third-order valence-corrected chi connectivity index (χ3v) is 9.02. The molecule has 2 aliphatic rings. The van der Waals surface area contributed by atoms with Crippen molar-refractivity contribution in [2.75, 3.05) is 38.6 Å². The second-order valence-corrected chi connectivity index (χ2v) is 12.2. The molecular weight excluding hydrogens is 557 g/mol. The number of fused-ring (bicyclic) bond motifs is 1. The third kappa shape index (κ3) is 6.56. The molecule has 0 spiro atoms. The summed E-state index contributed by atoms with van der Waals surface area (Å²) in [5.41, 5.74) is 0.854. The SMILES string of the molecule is COc1nc2ncnc(N[C@H](C)c3cccc(C(F)(F)CCC4CN(C(C)C)C4)c3F)c2cc1C1CCN(C(C)=O)CC1. The number of hydrogen-bond donors (Lipinski definition) is 1. The molecule has 0 saturated carbocycles.